The van der Waals surface area contributed by atoms with E-state index in [1.165, 1.54) is 37.8 Å². The third-order valence-corrected chi connectivity index (χ3v) is 4.86. The monoisotopic (exact) mass is 340 g/mol. The summed E-state index contributed by atoms with van der Waals surface area (Å²) in [4.78, 5) is 2.52. The van der Waals surface area contributed by atoms with Crippen LogP contribution in [0, 0.1) is 5.92 Å². The van der Waals surface area contributed by atoms with Crippen molar-refractivity contribution < 1.29 is 9.47 Å². The number of nitrogens with zero attached hydrogens (tertiary/aromatic N) is 1. The second-order valence-corrected chi connectivity index (χ2v) is 6.55. The zero-order valence-electron chi connectivity index (χ0n) is 14.2. The average Bonchev–Trinajstić information content (AvgIpc) is 3.38. The van der Waals surface area contributed by atoms with Gasteiger partial charge in [0.15, 0.2) is 11.5 Å². The number of hydrogen-bond donors (Lipinski definition) is 1. The highest BCUT2D eigenvalue weighted by Gasteiger charge is 2.24. The molecule has 1 N–H and O–H groups in total. The number of para-hydroxylation sites is 1. The molecule has 0 radical (unpaired) electrons. The molecule has 0 amide bonds. The first-order valence-electron chi connectivity index (χ1n) is 8.45. The summed E-state index contributed by atoms with van der Waals surface area (Å²) in [5.74, 6) is 2.67. The number of rotatable bonds is 7. The van der Waals surface area contributed by atoms with Gasteiger partial charge in [-0.05, 0) is 57.3 Å². The lowest BCUT2D eigenvalue weighted by Crippen LogP contribution is -2.42. The zero-order valence-corrected chi connectivity index (χ0v) is 15.0. The molecule has 3 rings (SSSR count). The number of ether oxygens (including phenoxy) is 2. The van der Waals surface area contributed by atoms with Crippen molar-refractivity contribution in [2.45, 2.75) is 38.3 Å². The van der Waals surface area contributed by atoms with Crippen molar-refractivity contribution in [3.8, 4) is 11.5 Å². The van der Waals surface area contributed by atoms with Gasteiger partial charge in [-0.25, -0.2) is 0 Å². The summed E-state index contributed by atoms with van der Waals surface area (Å²) >= 11 is 0. The topological polar surface area (TPSA) is 33.7 Å². The number of halogens is 1. The fourth-order valence-corrected chi connectivity index (χ4v) is 3.27. The van der Waals surface area contributed by atoms with Crippen LogP contribution in [0.1, 0.15) is 31.2 Å². The van der Waals surface area contributed by atoms with Crippen molar-refractivity contribution in [3.63, 3.8) is 0 Å². The van der Waals surface area contributed by atoms with Crippen LogP contribution in [0.2, 0.25) is 0 Å². The van der Waals surface area contributed by atoms with Gasteiger partial charge in [-0.15, -0.1) is 12.4 Å². The van der Waals surface area contributed by atoms with Gasteiger partial charge in [0.05, 0.1) is 14.2 Å². The molecule has 1 aliphatic carbocycles. The van der Waals surface area contributed by atoms with E-state index in [0.717, 1.165) is 37.1 Å². The summed E-state index contributed by atoms with van der Waals surface area (Å²) in [6.07, 6.45) is 5.36. The summed E-state index contributed by atoms with van der Waals surface area (Å²) in [6, 6.07) is 6.85. The lowest BCUT2D eigenvalue weighted by Gasteiger charge is -2.33. The van der Waals surface area contributed by atoms with Crippen LogP contribution in [0.25, 0.3) is 0 Å². The van der Waals surface area contributed by atoms with E-state index < -0.39 is 0 Å². The molecule has 0 aromatic heterocycles. The molecule has 0 bridgehead atoms. The first-order chi connectivity index (χ1) is 10.8. The molecule has 1 saturated heterocycles. The van der Waals surface area contributed by atoms with E-state index in [2.05, 4.69) is 16.3 Å². The predicted molar refractivity (Wildman–Crippen MR) is 95.8 cm³/mol. The van der Waals surface area contributed by atoms with Crippen LogP contribution in [0.4, 0.5) is 0 Å². The highest BCUT2D eigenvalue weighted by molar-refractivity contribution is 5.85. The molecular formula is C18H29ClN2O2. The van der Waals surface area contributed by atoms with Gasteiger partial charge in [-0.3, -0.25) is 4.90 Å². The van der Waals surface area contributed by atoms with Gasteiger partial charge in [0.2, 0.25) is 0 Å². The standard InChI is InChI=1S/C18H28N2O2.ClH/c1-21-17-5-3-4-15(18(17)22-2)13-20-10-8-16(9-11-20)19-12-14-6-7-14;/h3-5,14,16,19H,6-13H2,1-2H3;1H. The van der Waals surface area contributed by atoms with E-state index >= 15 is 0 Å². The van der Waals surface area contributed by atoms with Crippen molar-refractivity contribution in [1.29, 1.82) is 0 Å². The van der Waals surface area contributed by atoms with Crippen molar-refractivity contribution in [1.82, 2.24) is 10.2 Å². The van der Waals surface area contributed by atoms with Gasteiger partial charge < -0.3 is 14.8 Å². The molecule has 1 saturated carbocycles. The Morgan fingerprint density at radius 2 is 1.83 bits per heavy atom. The Morgan fingerprint density at radius 1 is 1.09 bits per heavy atom. The van der Waals surface area contributed by atoms with E-state index in [0.29, 0.717) is 6.04 Å². The minimum atomic E-state index is 0. The van der Waals surface area contributed by atoms with Crippen LogP contribution >= 0.6 is 12.4 Å². The van der Waals surface area contributed by atoms with Crippen molar-refractivity contribution in [2.75, 3.05) is 33.9 Å². The Morgan fingerprint density at radius 3 is 2.43 bits per heavy atom. The number of benzene rings is 1. The van der Waals surface area contributed by atoms with Crippen molar-refractivity contribution in [3.05, 3.63) is 23.8 Å². The molecule has 1 aliphatic heterocycles. The van der Waals surface area contributed by atoms with Crippen LogP contribution in [-0.4, -0.2) is 44.8 Å². The van der Waals surface area contributed by atoms with Gasteiger partial charge in [0.25, 0.3) is 0 Å². The van der Waals surface area contributed by atoms with Crippen LogP contribution < -0.4 is 14.8 Å². The van der Waals surface area contributed by atoms with Gasteiger partial charge in [0.1, 0.15) is 0 Å². The largest absolute Gasteiger partial charge is 0.493 e. The van der Waals surface area contributed by atoms with Crippen molar-refractivity contribution >= 4 is 12.4 Å². The van der Waals surface area contributed by atoms with Crippen LogP contribution in [0.5, 0.6) is 11.5 Å². The average molecular weight is 341 g/mol. The summed E-state index contributed by atoms with van der Waals surface area (Å²) in [5.41, 5.74) is 1.21. The van der Waals surface area contributed by atoms with Gasteiger partial charge in [-0.1, -0.05) is 12.1 Å². The molecule has 0 atom stereocenters. The second kappa shape index (κ2) is 8.76. The molecule has 2 fully saturated rings. The minimum Gasteiger partial charge on any atom is -0.493 e. The summed E-state index contributed by atoms with van der Waals surface area (Å²) < 4.78 is 10.9. The summed E-state index contributed by atoms with van der Waals surface area (Å²) in [6.45, 7) is 4.48. The molecule has 2 aliphatic rings. The van der Waals surface area contributed by atoms with Crippen LogP contribution in [-0.2, 0) is 6.54 Å². The SMILES string of the molecule is COc1cccc(CN2CCC(NCC3CC3)CC2)c1OC.Cl. The number of nitrogens with one attached hydrogen (secondary N) is 1. The maximum absolute atomic E-state index is 5.54. The molecule has 130 valence electrons. The lowest BCUT2D eigenvalue weighted by molar-refractivity contribution is 0.188. The number of hydrogen-bond acceptors (Lipinski definition) is 4. The molecule has 5 heteroatoms. The molecule has 23 heavy (non-hydrogen) atoms. The summed E-state index contributed by atoms with van der Waals surface area (Å²) in [5, 5.41) is 3.74. The number of piperidine rings is 1. The van der Waals surface area contributed by atoms with Crippen molar-refractivity contribution in [2.24, 2.45) is 5.92 Å². The normalized spacial score (nSPS) is 19.2. The number of methoxy groups -OCH3 is 2. The zero-order chi connectivity index (χ0) is 15.4. The van der Waals surface area contributed by atoms with E-state index in [-0.39, 0.29) is 12.4 Å². The molecule has 0 spiro atoms. The van der Waals surface area contributed by atoms with E-state index in [1.807, 2.05) is 12.1 Å². The molecule has 1 aromatic carbocycles. The number of likely N-dealkylation sites (tertiary alicyclic amines) is 1. The Labute approximate surface area is 145 Å². The van der Waals surface area contributed by atoms with Gasteiger partial charge in [-0.2, -0.15) is 0 Å². The Bertz CT molecular complexity index is 486. The van der Waals surface area contributed by atoms with Crippen LogP contribution in [0.15, 0.2) is 18.2 Å². The second-order valence-electron chi connectivity index (χ2n) is 6.55. The molecule has 1 aromatic rings. The smallest absolute Gasteiger partial charge is 0.165 e. The molecule has 1 heterocycles. The maximum atomic E-state index is 5.54. The fraction of sp³-hybridized carbons (Fsp3) is 0.667. The van der Waals surface area contributed by atoms with E-state index in [9.17, 15) is 0 Å². The van der Waals surface area contributed by atoms with Gasteiger partial charge >= 0.3 is 0 Å². The Kier molecular flexibility index (Phi) is 7.00. The minimum absolute atomic E-state index is 0. The molecule has 0 unspecified atom stereocenters. The molecular weight excluding hydrogens is 312 g/mol. The van der Waals surface area contributed by atoms with E-state index in [1.54, 1.807) is 14.2 Å². The third kappa shape index (κ3) is 5.00. The maximum Gasteiger partial charge on any atom is 0.165 e. The highest BCUT2D eigenvalue weighted by Crippen LogP contribution is 2.32. The van der Waals surface area contributed by atoms with Gasteiger partial charge in [0, 0.05) is 18.2 Å². The van der Waals surface area contributed by atoms with Crippen LogP contribution in [0.3, 0.4) is 0 Å². The van der Waals surface area contributed by atoms with E-state index in [4.69, 9.17) is 9.47 Å². The third-order valence-electron chi connectivity index (χ3n) is 4.86. The first-order valence-corrected chi connectivity index (χ1v) is 8.45. The molecule has 4 nitrogen and oxygen atoms in total. The first kappa shape index (κ1) is 18.4. The Balaban J connectivity index is 0.00000192. The predicted octanol–water partition coefficient (Wildman–Crippen LogP) is 3.09. The summed E-state index contributed by atoms with van der Waals surface area (Å²) in [7, 11) is 3.41. The highest BCUT2D eigenvalue weighted by atomic mass is 35.5. The lowest BCUT2D eigenvalue weighted by atomic mass is 10.0. The Hall–Kier alpha value is -0.970. The fourth-order valence-electron chi connectivity index (χ4n) is 3.27. The quantitative estimate of drug-likeness (QED) is 0.827.